The van der Waals surface area contributed by atoms with Gasteiger partial charge in [-0.15, -0.1) is 11.6 Å². The van der Waals surface area contributed by atoms with E-state index in [9.17, 15) is 0 Å². The number of nitrogens with zero attached hydrogens (tertiary/aromatic N) is 4. The third kappa shape index (κ3) is 3.11. The van der Waals surface area contributed by atoms with Crippen LogP contribution in [0.4, 0.5) is 0 Å². The predicted octanol–water partition coefficient (Wildman–Crippen LogP) is 2.90. The summed E-state index contributed by atoms with van der Waals surface area (Å²) in [5.74, 6) is 3.31. The molecule has 1 aliphatic rings. The standard InChI is InChI=1S/C14H19ClN4OS/c1-20-14-12-13(16-9-17-14)19(11(18-12)5-6-15)8-10-4-2-3-7-21-10/h9-10H,2-8H2,1H3. The van der Waals surface area contributed by atoms with Crippen molar-refractivity contribution < 1.29 is 4.74 Å². The molecule has 1 unspecified atom stereocenters. The van der Waals surface area contributed by atoms with E-state index in [1.165, 1.54) is 31.3 Å². The van der Waals surface area contributed by atoms with Crippen LogP contribution >= 0.6 is 23.4 Å². The number of ether oxygens (including phenoxy) is 1. The van der Waals surface area contributed by atoms with Gasteiger partial charge in [-0.1, -0.05) is 6.42 Å². The Morgan fingerprint density at radius 2 is 2.33 bits per heavy atom. The zero-order valence-corrected chi connectivity index (χ0v) is 13.7. The second kappa shape index (κ2) is 6.83. The van der Waals surface area contributed by atoms with E-state index < -0.39 is 0 Å². The van der Waals surface area contributed by atoms with Crippen LogP contribution in [0.1, 0.15) is 25.1 Å². The van der Waals surface area contributed by atoms with Crippen LogP contribution in [-0.4, -0.2) is 43.5 Å². The van der Waals surface area contributed by atoms with Gasteiger partial charge in [-0.3, -0.25) is 0 Å². The molecule has 0 radical (unpaired) electrons. The van der Waals surface area contributed by atoms with Crippen molar-refractivity contribution in [2.24, 2.45) is 0 Å². The summed E-state index contributed by atoms with van der Waals surface area (Å²) in [6.07, 6.45) is 6.17. The molecule has 21 heavy (non-hydrogen) atoms. The molecular formula is C14H19ClN4OS. The molecule has 5 nitrogen and oxygen atoms in total. The molecular weight excluding hydrogens is 308 g/mol. The second-order valence-corrected chi connectivity index (χ2v) is 6.91. The number of alkyl halides is 1. The van der Waals surface area contributed by atoms with Crippen molar-refractivity contribution in [2.75, 3.05) is 18.7 Å². The topological polar surface area (TPSA) is 52.8 Å². The Morgan fingerprint density at radius 1 is 1.43 bits per heavy atom. The molecule has 114 valence electrons. The van der Waals surface area contributed by atoms with Gasteiger partial charge in [-0.05, 0) is 18.6 Å². The summed E-state index contributed by atoms with van der Waals surface area (Å²) in [7, 11) is 1.61. The molecule has 3 rings (SSSR count). The van der Waals surface area contributed by atoms with Gasteiger partial charge in [0.15, 0.2) is 11.2 Å². The number of imidazole rings is 1. The number of methoxy groups -OCH3 is 1. The van der Waals surface area contributed by atoms with E-state index in [0.717, 1.165) is 30.0 Å². The van der Waals surface area contributed by atoms with Gasteiger partial charge in [0.25, 0.3) is 0 Å². The van der Waals surface area contributed by atoms with Crippen LogP contribution in [0.5, 0.6) is 5.88 Å². The molecule has 0 aliphatic carbocycles. The number of fused-ring (bicyclic) bond motifs is 1. The SMILES string of the molecule is COc1ncnc2c1nc(CCCl)n2CC1CCCCS1. The van der Waals surface area contributed by atoms with E-state index in [1.807, 2.05) is 0 Å². The monoisotopic (exact) mass is 326 g/mol. The molecule has 0 amide bonds. The van der Waals surface area contributed by atoms with Crippen LogP contribution in [0.25, 0.3) is 11.2 Å². The van der Waals surface area contributed by atoms with Crippen molar-refractivity contribution in [3.05, 3.63) is 12.2 Å². The maximum absolute atomic E-state index is 5.93. The maximum atomic E-state index is 5.93. The Morgan fingerprint density at radius 3 is 3.05 bits per heavy atom. The number of hydrogen-bond donors (Lipinski definition) is 0. The average molecular weight is 327 g/mol. The Labute approximate surface area is 133 Å². The minimum absolute atomic E-state index is 0.533. The highest BCUT2D eigenvalue weighted by Gasteiger charge is 2.20. The third-order valence-corrected chi connectivity index (χ3v) is 5.32. The molecule has 2 aromatic heterocycles. The van der Waals surface area contributed by atoms with Gasteiger partial charge in [0.2, 0.25) is 5.88 Å². The predicted molar refractivity (Wildman–Crippen MR) is 86.4 cm³/mol. The van der Waals surface area contributed by atoms with Crippen molar-refractivity contribution in [2.45, 2.75) is 37.5 Å². The number of thioether (sulfide) groups is 1. The van der Waals surface area contributed by atoms with Crippen LogP contribution in [0.3, 0.4) is 0 Å². The summed E-state index contributed by atoms with van der Waals surface area (Å²) in [6.45, 7) is 0.938. The lowest BCUT2D eigenvalue weighted by Crippen LogP contribution is -2.19. The smallest absolute Gasteiger partial charge is 0.245 e. The Bertz CT molecular complexity index is 612. The van der Waals surface area contributed by atoms with E-state index in [-0.39, 0.29) is 0 Å². The summed E-state index contributed by atoms with van der Waals surface area (Å²) in [4.78, 5) is 13.2. The molecule has 0 N–H and O–H groups in total. The lowest BCUT2D eigenvalue weighted by atomic mass is 10.2. The molecule has 0 spiro atoms. The minimum Gasteiger partial charge on any atom is -0.479 e. The molecule has 1 fully saturated rings. The number of halogens is 1. The first-order valence-corrected chi connectivity index (χ1v) is 8.83. The Hall–Kier alpha value is -1.01. The van der Waals surface area contributed by atoms with Crippen molar-refractivity contribution in [1.82, 2.24) is 19.5 Å². The third-order valence-electron chi connectivity index (χ3n) is 3.75. The molecule has 2 aromatic rings. The van der Waals surface area contributed by atoms with Gasteiger partial charge >= 0.3 is 0 Å². The van der Waals surface area contributed by atoms with E-state index in [4.69, 9.17) is 16.3 Å². The lowest BCUT2D eigenvalue weighted by Gasteiger charge is -2.22. The van der Waals surface area contributed by atoms with Crippen LogP contribution in [-0.2, 0) is 13.0 Å². The van der Waals surface area contributed by atoms with Crippen molar-refractivity contribution in [3.63, 3.8) is 0 Å². The second-order valence-electron chi connectivity index (χ2n) is 5.12. The number of aryl methyl sites for hydroxylation is 1. The number of aromatic nitrogens is 4. The first-order chi connectivity index (χ1) is 10.3. The molecule has 0 bridgehead atoms. The van der Waals surface area contributed by atoms with Crippen molar-refractivity contribution >= 4 is 34.5 Å². The first kappa shape index (κ1) is 14.9. The fourth-order valence-electron chi connectivity index (χ4n) is 2.73. The first-order valence-electron chi connectivity index (χ1n) is 7.25. The largest absolute Gasteiger partial charge is 0.479 e. The number of hydrogen-bond acceptors (Lipinski definition) is 5. The average Bonchev–Trinajstić information content (AvgIpc) is 2.87. The summed E-state index contributed by atoms with van der Waals surface area (Å²) in [5, 5.41) is 0.631. The summed E-state index contributed by atoms with van der Waals surface area (Å²) >= 11 is 7.98. The fraction of sp³-hybridized carbons (Fsp3) is 0.643. The molecule has 1 atom stereocenters. The van der Waals surface area contributed by atoms with Crippen LogP contribution in [0.2, 0.25) is 0 Å². The molecule has 1 saturated heterocycles. The Kier molecular flexibility index (Phi) is 4.85. The van der Waals surface area contributed by atoms with E-state index in [1.54, 1.807) is 7.11 Å². The summed E-state index contributed by atoms with van der Waals surface area (Å²) in [6, 6.07) is 0. The molecule has 1 aliphatic heterocycles. The van der Waals surface area contributed by atoms with Gasteiger partial charge in [-0.25, -0.2) is 9.97 Å². The lowest BCUT2D eigenvalue weighted by molar-refractivity contribution is 0.401. The zero-order valence-electron chi connectivity index (χ0n) is 12.1. The molecule has 0 aromatic carbocycles. The normalized spacial score (nSPS) is 19.0. The zero-order chi connectivity index (χ0) is 14.7. The highest BCUT2D eigenvalue weighted by molar-refractivity contribution is 7.99. The molecule has 3 heterocycles. The quantitative estimate of drug-likeness (QED) is 0.791. The maximum Gasteiger partial charge on any atom is 0.245 e. The van der Waals surface area contributed by atoms with Gasteiger partial charge in [0, 0.05) is 24.1 Å². The van der Waals surface area contributed by atoms with Crippen molar-refractivity contribution in [1.29, 1.82) is 0 Å². The van der Waals surface area contributed by atoms with Gasteiger partial charge < -0.3 is 9.30 Å². The van der Waals surface area contributed by atoms with Crippen LogP contribution in [0.15, 0.2) is 6.33 Å². The van der Waals surface area contributed by atoms with Gasteiger partial charge in [0.1, 0.15) is 12.2 Å². The van der Waals surface area contributed by atoms with E-state index in [0.29, 0.717) is 17.0 Å². The summed E-state index contributed by atoms with van der Waals surface area (Å²) < 4.78 is 7.50. The molecule has 7 heteroatoms. The van der Waals surface area contributed by atoms with Crippen molar-refractivity contribution in [3.8, 4) is 5.88 Å². The highest BCUT2D eigenvalue weighted by Crippen LogP contribution is 2.29. The highest BCUT2D eigenvalue weighted by atomic mass is 35.5. The van der Waals surface area contributed by atoms with Crippen LogP contribution < -0.4 is 4.74 Å². The summed E-state index contributed by atoms with van der Waals surface area (Å²) in [5.41, 5.74) is 1.59. The van der Waals surface area contributed by atoms with Gasteiger partial charge in [-0.2, -0.15) is 16.7 Å². The van der Waals surface area contributed by atoms with E-state index in [2.05, 4.69) is 31.3 Å². The Balaban J connectivity index is 1.99. The molecule has 0 saturated carbocycles. The number of rotatable bonds is 5. The van der Waals surface area contributed by atoms with Crippen LogP contribution in [0, 0.1) is 0 Å². The minimum atomic E-state index is 0.533. The van der Waals surface area contributed by atoms with Gasteiger partial charge in [0.05, 0.1) is 7.11 Å². The van der Waals surface area contributed by atoms with E-state index >= 15 is 0 Å². The fourth-order valence-corrected chi connectivity index (χ4v) is 4.19.